The van der Waals surface area contributed by atoms with Gasteiger partial charge in [0, 0.05) is 22.7 Å². The summed E-state index contributed by atoms with van der Waals surface area (Å²) in [5, 5.41) is 6.26. The highest BCUT2D eigenvalue weighted by Gasteiger charge is 2.15. The highest BCUT2D eigenvalue weighted by molar-refractivity contribution is 7.17. The Labute approximate surface area is 158 Å². The maximum absolute atomic E-state index is 13.3. The smallest absolute Gasteiger partial charge is 0.225 e. The lowest BCUT2D eigenvalue weighted by Gasteiger charge is -2.10. The Balaban J connectivity index is 1.85. The van der Waals surface area contributed by atoms with Crippen LogP contribution in [-0.4, -0.2) is 17.1 Å². The first-order valence-corrected chi connectivity index (χ1v) is 9.01. The second-order valence-corrected chi connectivity index (χ2v) is 6.73. The van der Waals surface area contributed by atoms with Gasteiger partial charge in [0.2, 0.25) is 5.28 Å². The summed E-state index contributed by atoms with van der Waals surface area (Å²) in [5.41, 5.74) is 2.63. The molecule has 0 saturated heterocycles. The lowest BCUT2D eigenvalue weighted by molar-refractivity contribution is 0.415. The number of nitrogens with zero attached hydrogens (tertiary/aromatic N) is 2. The van der Waals surface area contributed by atoms with Crippen LogP contribution in [0.1, 0.15) is 0 Å². The molecule has 2 heterocycles. The number of benzene rings is 2. The van der Waals surface area contributed by atoms with E-state index < -0.39 is 0 Å². The second-order valence-electron chi connectivity index (χ2n) is 5.53. The molecular formula is C19H13ClFN3OS. The van der Waals surface area contributed by atoms with Crippen molar-refractivity contribution >= 4 is 44.7 Å². The van der Waals surface area contributed by atoms with Gasteiger partial charge in [-0.25, -0.2) is 9.37 Å². The van der Waals surface area contributed by atoms with Gasteiger partial charge in [-0.05, 0) is 41.4 Å². The summed E-state index contributed by atoms with van der Waals surface area (Å²) in [6.07, 6.45) is 0. The molecule has 0 fully saturated rings. The molecule has 0 amide bonds. The summed E-state index contributed by atoms with van der Waals surface area (Å²) in [7, 11) is 1.62. The van der Waals surface area contributed by atoms with Crippen LogP contribution in [0.5, 0.6) is 5.75 Å². The monoisotopic (exact) mass is 385 g/mol. The third kappa shape index (κ3) is 3.21. The van der Waals surface area contributed by atoms with E-state index in [4.69, 9.17) is 16.3 Å². The minimum absolute atomic E-state index is 0.162. The van der Waals surface area contributed by atoms with Crippen molar-refractivity contribution < 1.29 is 9.13 Å². The van der Waals surface area contributed by atoms with Crippen molar-refractivity contribution in [2.24, 2.45) is 0 Å². The minimum atomic E-state index is -0.276. The van der Waals surface area contributed by atoms with Crippen LogP contribution in [0.25, 0.3) is 21.3 Å². The third-order valence-electron chi connectivity index (χ3n) is 3.89. The number of halogens is 2. The lowest BCUT2D eigenvalue weighted by Crippen LogP contribution is -1.97. The Morgan fingerprint density at radius 2 is 1.92 bits per heavy atom. The number of hydrogen-bond acceptors (Lipinski definition) is 5. The van der Waals surface area contributed by atoms with E-state index in [0.29, 0.717) is 5.82 Å². The predicted molar refractivity (Wildman–Crippen MR) is 104 cm³/mol. The predicted octanol–water partition coefficient (Wildman–Crippen LogP) is 5.90. The number of fused-ring (bicyclic) bond motifs is 1. The molecule has 0 aliphatic rings. The summed E-state index contributed by atoms with van der Waals surface area (Å²) in [4.78, 5) is 9.43. The summed E-state index contributed by atoms with van der Waals surface area (Å²) in [6, 6.07) is 13.9. The van der Waals surface area contributed by atoms with Gasteiger partial charge in [0.25, 0.3) is 0 Å². The van der Waals surface area contributed by atoms with Crippen molar-refractivity contribution in [3.63, 3.8) is 0 Å². The number of ether oxygens (including phenoxy) is 1. The maximum atomic E-state index is 13.3. The van der Waals surface area contributed by atoms with Crippen LogP contribution in [0, 0.1) is 5.82 Å². The Hall–Kier alpha value is -2.70. The Morgan fingerprint density at radius 1 is 1.12 bits per heavy atom. The number of anilines is 2. The van der Waals surface area contributed by atoms with Gasteiger partial charge in [0.1, 0.15) is 22.2 Å². The van der Waals surface area contributed by atoms with Gasteiger partial charge in [-0.2, -0.15) is 4.98 Å². The number of methoxy groups -OCH3 is 1. The molecule has 4 aromatic rings. The van der Waals surface area contributed by atoms with Crippen molar-refractivity contribution in [3.05, 3.63) is 65.0 Å². The molecule has 0 atom stereocenters. The molecule has 130 valence electrons. The molecule has 0 saturated carbocycles. The van der Waals surface area contributed by atoms with Crippen LogP contribution >= 0.6 is 22.9 Å². The first-order chi connectivity index (χ1) is 12.6. The first kappa shape index (κ1) is 16.8. The van der Waals surface area contributed by atoms with Crippen LogP contribution in [0.3, 0.4) is 0 Å². The van der Waals surface area contributed by atoms with Gasteiger partial charge in [-0.1, -0.05) is 18.2 Å². The molecule has 4 nitrogen and oxygen atoms in total. The Bertz CT molecular complexity index is 1080. The Morgan fingerprint density at radius 3 is 2.69 bits per heavy atom. The fourth-order valence-corrected chi connectivity index (χ4v) is 3.85. The van der Waals surface area contributed by atoms with Crippen molar-refractivity contribution in [3.8, 4) is 16.9 Å². The summed E-state index contributed by atoms with van der Waals surface area (Å²) in [6.45, 7) is 0. The topological polar surface area (TPSA) is 47.0 Å². The average Bonchev–Trinajstić information content (AvgIpc) is 3.06. The zero-order valence-corrected chi connectivity index (χ0v) is 15.2. The largest absolute Gasteiger partial charge is 0.497 e. The van der Waals surface area contributed by atoms with Crippen LogP contribution < -0.4 is 10.1 Å². The molecule has 2 aromatic carbocycles. The molecule has 0 spiro atoms. The van der Waals surface area contributed by atoms with Crippen LogP contribution in [0.4, 0.5) is 15.9 Å². The van der Waals surface area contributed by atoms with E-state index >= 15 is 0 Å². The maximum Gasteiger partial charge on any atom is 0.225 e. The van der Waals surface area contributed by atoms with E-state index in [1.54, 1.807) is 19.2 Å². The first-order valence-electron chi connectivity index (χ1n) is 7.76. The van der Waals surface area contributed by atoms with Gasteiger partial charge < -0.3 is 10.1 Å². The molecule has 1 N–H and O–H groups in total. The number of hydrogen-bond donors (Lipinski definition) is 1. The quantitative estimate of drug-likeness (QED) is 0.444. The number of thiophene rings is 1. The molecular weight excluding hydrogens is 373 g/mol. The molecule has 4 rings (SSSR count). The van der Waals surface area contributed by atoms with Crippen molar-refractivity contribution in [2.75, 3.05) is 12.4 Å². The highest BCUT2D eigenvalue weighted by atomic mass is 35.5. The summed E-state index contributed by atoms with van der Waals surface area (Å²) >= 11 is 7.56. The van der Waals surface area contributed by atoms with Gasteiger partial charge in [-0.3, -0.25) is 0 Å². The van der Waals surface area contributed by atoms with Crippen molar-refractivity contribution in [2.45, 2.75) is 0 Å². The molecule has 2 aromatic heterocycles. The summed E-state index contributed by atoms with van der Waals surface area (Å²) < 4.78 is 18.5. The van der Waals surface area contributed by atoms with Gasteiger partial charge in [-0.15, -0.1) is 11.3 Å². The molecule has 0 aliphatic heterocycles. The van der Waals surface area contributed by atoms with Gasteiger partial charge >= 0.3 is 0 Å². The molecule has 7 heteroatoms. The lowest BCUT2D eigenvalue weighted by atomic mass is 10.1. The number of nitrogens with one attached hydrogen (secondary N) is 1. The molecule has 26 heavy (non-hydrogen) atoms. The van der Waals surface area contributed by atoms with Crippen molar-refractivity contribution in [1.82, 2.24) is 9.97 Å². The molecule has 0 aliphatic carbocycles. The van der Waals surface area contributed by atoms with Crippen LogP contribution in [0.15, 0.2) is 53.9 Å². The van der Waals surface area contributed by atoms with E-state index in [9.17, 15) is 4.39 Å². The van der Waals surface area contributed by atoms with Crippen LogP contribution in [-0.2, 0) is 0 Å². The van der Waals surface area contributed by atoms with Crippen molar-refractivity contribution in [1.29, 1.82) is 0 Å². The minimum Gasteiger partial charge on any atom is -0.497 e. The molecule has 0 bridgehead atoms. The van der Waals surface area contributed by atoms with E-state index in [-0.39, 0.29) is 11.1 Å². The fraction of sp³-hybridized carbons (Fsp3) is 0.0526. The third-order valence-corrected chi connectivity index (χ3v) is 4.94. The number of aromatic nitrogens is 2. The normalized spacial score (nSPS) is 10.9. The summed E-state index contributed by atoms with van der Waals surface area (Å²) in [5.74, 6) is 1.05. The second kappa shape index (κ2) is 6.90. The van der Waals surface area contributed by atoms with Gasteiger partial charge in [0.15, 0.2) is 0 Å². The molecule has 0 unspecified atom stereocenters. The fourth-order valence-electron chi connectivity index (χ4n) is 2.69. The highest BCUT2D eigenvalue weighted by Crippen LogP contribution is 2.38. The SMILES string of the molecule is COc1cccc(Nc2nc(Cl)nc3scc(-c4ccc(F)cc4)c23)c1. The van der Waals surface area contributed by atoms with Gasteiger partial charge in [0.05, 0.1) is 12.5 Å². The zero-order valence-electron chi connectivity index (χ0n) is 13.7. The van der Waals surface area contributed by atoms with E-state index in [1.165, 1.54) is 23.5 Å². The van der Waals surface area contributed by atoms with E-state index in [2.05, 4.69) is 15.3 Å². The number of rotatable bonds is 4. The average molecular weight is 386 g/mol. The zero-order chi connectivity index (χ0) is 18.1. The van der Waals surface area contributed by atoms with Crippen LogP contribution in [0.2, 0.25) is 5.28 Å². The van der Waals surface area contributed by atoms with E-state index in [0.717, 1.165) is 32.8 Å². The Kier molecular flexibility index (Phi) is 4.44. The van der Waals surface area contributed by atoms with E-state index in [1.807, 2.05) is 29.6 Å². The molecule has 0 radical (unpaired) electrons. The standard InChI is InChI=1S/C19H13ClFN3OS/c1-25-14-4-2-3-13(9-14)22-17-16-15(11-5-7-12(21)8-6-11)10-26-18(16)24-19(20)23-17/h2-10H,1H3,(H,22,23,24).